The van der Waals surface area contributed by atoms with Crippen molar-refractivity contribution in [3.05, 3.63) is 91.0 Å². The number of pyridine rings is 1. The van der Waals surface area contributed by atoms with E-state index in [0.717, 1.165) is 40.9 Å². The van der Waals surface area contributed by atoms with Crippen molar-refractivity contribution >= 4 is 33.9 Å². The highest BCUT2D eigenvalue weighted by Gasteiger charge is 2.32. The first kappa shape index (κ1) is 27.1. The monoisotopic (exact) mass is 589 g/mol. The van der Waals surface area contributed by atoms with E-state index in [1.807, 2.05) is 18.3 Å². The topological polar surface area (TPSA) is 105 Å². The Kier molecular flexibility index (Phi) is 7.40. The van der Waals surface area contributed by atoms with Crippen molar-refractivity contribution in [3.8, 4) is 33.5 Å². The highest BCUT2D eigenvalue weighted by atomic mass is 32.1. The van der Waals surface area contributed by atoms with Gasteiger partial charge in [-0.25, -0.2) is 19.7 Å². The van der Waals surface area contributed by atoms with Crippen molar-refractivity contribution in [2.45, 2.75) is 12.6 Å². The fraction of sp³-hybridized carbons (Fsp3) is 0.138. The second kappa shape index (κ2) is 11.4. The van der Waals surface area contributed by atoms with Gasteiger partial charge in [0.15, 0.2) is 5.13 Å². The number of hydrogen-bond donors (Lipinski definition) is 2. The number of nitrogens with one attached hydrogen (secondary N) is 2. The second-order valence-corrected chi connectivity index (χ2v) is 10.3. The molecule has 1 aliphatic heterocycles. The predicted octanol–water partition coefficient (Wildman–Crippen LogP) is 7.33. The summed E-state index contributed by atoms with van der Waals surface area (Å²) in [4.78, 5) is 32.7. The molecular weight excluding hydrogens is 567 g/mol. The summed E-state index contributed by atoms with van der Waals surface area (Å²) in [7, 11) is 0. The van der Waals surface area contributed by atoms with Gasteiger partial charge in [-0.1, -0.05) is 41.7 Å². The number of aromatic nitrogens is 4. The molecule has 0 atom stereocenters. The van der Waals surface area contributed by atoms with Crippen LogP contribution in [0.3, 0.4) is 0 Å². The zero-order valence-corrected chi connectivity index (χ0v) is 22.6. The zero-order chi connectivity index (χ0) is 29.1. The van der Waals surface area contributed by atoms with E-state index >= 15 is 0 Å². The van der Waals surface area contributed by atoms with Crippen molar-refractivity contribution in [2.24, 2.45) is 0 Å². The van der Waals surface area contributed by atoms with Crippen molar-refractivity contribution in [3.63, 3.8) is 0 Å². The molecule has 5 aromatic rings. The lowest BCUT2D eigenvalue weighted by Crippen LogP contribution is -2.36. The first-order chi connectivity index (χ1) is 20.3. The van der Waals surface area contributed by atoms with Crippen LogP contribution in [0.25, 0.3) is 21.7 Å². The number of carbonyl (C=O) groups excluding carboxylic acids is 1. The molecule has 2 amide bonds. The van der Waals surface area contributed by atoms with Crippen molar-refractivity contribution in [1.82, 2.24) is 19.9 Å². The molecule has 2 N–H and O–H groups in total. The number of amides is 2. The fourth-order valence-corrected chi connectivity index (χ4v) is 5.08. The molecule has 3 aromatic heterocycles. The van der Waals surface area contributed by atoms with Crippen LogP contribution in [0.5, 0.6) is 11.8 Å². The number of thiazole rings is 1. The van der Waals surface area contributed by atoms with E-state index in [0.29, 0.717) is 11.3 Å². The zero-order valence-electron chi connectivity index (χ0n) is 21.8. The molecule has 0 spiro atoms. The summed E-state index contributed by atoms with van der Waals surface area (Å²) >= 11 is 1.64. The third-order valence-corrected chi connectivity index (χ3v) is 7.47. The van der Waals surface area contributed by atoms with Crippen LogP contribution in [0.15, 0.2) is 85.5 Å². The minimum atomic E-state index is -4.63. The Bertz CT molecular complexity index is 1690. The molecule has 4 heterocycles. The van der Waals surface area contributed by atoms with Crippen LogP contribution in [0, 0.1) is 0 Å². The van der Waals surface area contributed by atoms with E-state index in [4.69, 9.17) is 4.74 Å². The van der Waals surface area contributed by atoms with E-state index < -0.39 is 17.8 Å². The summed E-state index contributed by atoms with van der Waals surface area (Å²) in [5.41, 5.74) is 0.871. The number of nitrogens with zero attached hydrogens (tertiary/aromatic N) is 5. The Morgan fingerprint density at radius 3 is 2.26 bits per heavy atom. The highest BCUT2D eigenvalue weighted by molar-refractivity contribution is 7.18. The molecule has 0 saturated carbocycles. The number of benzene rings is 2. The van der Waals surface area contributed by atoms with Gasteiger partial charge < -0.3 is 20.3 Å². The molecule has 13 heteroatoms. The number of ether oxygens (including phenoxy) is 1. The molecule has 42 heavy (non-hydrogen) atoms. The Labute approximate surface area is 242 Å². The number of rotatable bonds is 7. The predicted molar refractivity (Wildman–Crippen MR) is 154 cm³/mol. The summed E-state index contributed by atoms with van der Waals surface area (Å²) in [6, 6.07) is 16.1. The number of urea groups is 1. The van der Waals surface area contributed by atoms with Gasteiger partial charge in [-0.05, 0) is 42.3 Å². The van der Waals surface area contributed by atoms with Crippen LogP contribution in [-0.2, 0) is 6.18 Å². The van der Waals surface area contributed by atoms with Gasteiger partial charge in [-0.3, -0.25) is 4.98 Å². The lowest BCUT2D eigenvalue weighted by Gasteiger charge is -2.30. The molecule has 1 fully saturated rings. The maximum atomic E-state index is 13.3. The minimum absolute atomic E-state index is 0.0556. The van der Waals surface area contributed by atoms with Gasteiger partial charge in [0.25, 0.3) is 0 Å². The van der Waals surface area contributed by atoms with E-state index in [1.54, 1.807) is 53.8 Å². The largest absolute Gasteiger partial charge is 0.424 e. The van der Waals surface area contributed by atoms with Crippen LogP contribution >= 0.6 is 11.3 Å². The summed E-state index contributed by atoms with van der Waals surface area (Å²) in [6.07, 6.45) is 1.82. The van der Waals surface area contributed by atoms with Gasteiger partial charge >= 0.3 is 18.2 Å². The van der Waals surface area contributed by atoms with E-state index in [2.05, 4.69) is 35.5 Å². The third-order valence-electron chi connectivity index (χ3n) is 6.36. The molecule has 6 rings (SSSR count). The summed E-state index contributed by atoms with van der Waals surface area (Å²) in [6.45, 7) is 2.09. The number of alkyl halides is 3. The first-order valence-corrected chi connectivity index (χ1v) is 13.7. The smallest absolute Gasteiger partial charge is 0.417 e. The van der Waals surface area contributed by atoms with Crippen LogP contribution in [0.2, 0.25) is 0 Å². The van der Waals surface area contributed by atoms with Crippen LogP contribution in [-0.4, -0.2) is 39.1 Å². The van der Waals surface area contributed by atoms with Crippen molar-refractivity contribution < 1.29 is 22.7 Å². The molecule has 0 radical (unpaired) electrons. The lowest BCUT2D eigenvalue weighted by atomic mass is 10.1. The van der Waals surface area contributed by atoms with Gasteiger partial charge in [0.1, 0.15) is 5.75 Å². The normalized spacial score (nSPS) is 12.9. The van der Waals surface area contributed by atoms with E-state index in [1.165, 1.54) is 18.8 Å². The van der Waals surface area contributed by atoms with Gasteiger partial charge in [0.05, 0.1) is 39.9 Å². The molecular formula is C29H22F3N7O2S. The third kappa shape index (κ3) is 6.15. The summed E-state index contributed by atoms with van der Waals surface area (Å²) < 4.78 is 45.7. The van der Waals surface area contributed by atoms with Gasteiger partial charge in [0.2, 0.25) is 0 Å². The first-order valence-electron chi connectivity index (χ1n) is 12.8. The molecule has 0 aliphatic carbocycles. The lowest BCUT2D eigenvalue weighted by molar-refractivity contribution is -0.137. The number of anilines is 3. The Morgan fingerprint density at radius 1 is 0.857 bits per heavy atom. The van der Waals surface area contributed by atoms with E-state index in [9.17, 15) is 18.0 Å². The molecule has 1 aliphatic rings. The molecule has 2 aromatic carbocycles. The average molecular weight is 590 g/mol. The van der Waals surface area contributed by atoms with E-state index in [-0.39, 0.29) is 23.1 Å². The fourth-order valence-electron chi connectivity index (χ4n) is 4.10. The Hall–Kier alpha value is -5.04. The Morgan fingerprint density at radius 2 is 1.60 bits per heavy atom. The molecule has 9 nitrogen and oxygen atoms in total. The SMILES string of the molecule is O=C(Nc1cnc(Oc2ccc(-c3cnc(N4CCC4)s3)cc2)nc1)Nc1cc(C(F)(F)F)cnc1-c1ccccc1. The highest BCUT2D eigenvalue weighted by Crippen LogP contribution is 2.35. The summed E-state index contributed by atoms with van der Waals surface area (Å²) in [5, 5.41) is 5.99. The van der Waals surface area contributed by atoms with Crippen LogP contribution < -0.4 is 20.3 Å². The molecule has 212 valence electrons. The van der Waals surface area contributed by atoms with Crippen molar-refractivity contribution in [2.75, 3.05) is 28.6 Å². The Balaban J connectivity index is 1.09. The van der Waals surface area contributed by atoms with Crippen LogP contribution in [0.4, 0.5) is 34.5 Å². The molecule has 0 bridgehead atoms. The van der Waals surface area contributed by atoms with Gasteiger partial charge in [-0.2, -0.15) is 13.2 Å². The maximum absolute atomic E-state index is 13.3. The minimum Gasteiger partial charge on any atom is -0.424 e. The number of carbonyl (C=O) groups is 1. The van der Waals surface area contributed by atoms with Crippen molar-refractivity contribution in [1.29, 1.82) is 0 Å². The van der Waals surface area contributed by atoms with Gasteiger partial charge in [0, 0.05) is 31.0 Å². The maximum Gasteiger partial charge on any atom is 0.417 e. The average Bonchev–Trinajstić information content (AvgIpc) is 3.43. The standard InChI is InChI=1S/C29H22F3N7O2S/c30-29(31,32)20-13-23(25(33-14-20)19-5-2-1-3-6-19)38-26(40)37-21-15-34-27(35-16-21)41-22-9-7-18(8-10-22)24-17-36-28(42-24)39-11-4-12-39/h1-3,5-10,13-17H,4,11-12H2,(H2,37,38,40). The van der Waals surface area contributed by atoms with Crippen LogP contribution in [0.1, 0.15) is 12.0 Å². The quantitative estimate of drug-likeness (QED) is 0.205. The summed E-state index contributed by atoms with van der Waals surface area (Å²) in [5.74, 6) is 0.523. The second-order valence-electron chi connectivity index (χ2n) is 9.29. The molecule has 0 unspecified atom stereocenters. The van der Waals surface area contributed by atoms with Gasteiger partial charge in [-0.15, -0.1) is 0 Å². The number of halogens is 3. The molecule has 1 saturated heterocycles. The number of hydrogen-bond acceptors (Lipinski definition) is 8.